The van der Waals surface area contributed by atoms with Gasteiger partial charge in [0.2, 0.25) is 0 Å². The molecule has 1 aliphatic rings. The summed E-state index contributed by atoms with van der Waals surface area (Å²) in [5.41, 5.74) is 3.36. The highest BCUT2D eigenvalue weighted by atomic mass is 35.5. The van der Waals surface area contributed by atoms with Crippen LogP contribution in [0.1, 0.15) is 28.2 Å². The van der Waals surface area contributed by atoms with Crippen LogP contribution in [-0.2, 0) is 25.7 Å². The largest absolute Gasteiger partial charge is 0.416 e. The molecule has 0 amide bonds. The standard InChI is InChI=1S/C23H19ClF3N5O/c1-13-19(32-10-16(24)6-7-20(32)28-13)12-31-9-8-18-17(11-31)22(33)30-21(29-18)14-2-4-15(5-3-14)23(25,26)27/h2-7,10H,8-9,11-12H2,1H3,(H,29,30,33). The number of alkyl halides is 3. The van der Waals surface area contributed by atoms with E-state index in [0.29, 0.717) is 47.9 Å². The SMILES string of the molecule is Cc1nc2ccc(Cl)cn2c1CN1CCc2nc(-c3ccc(C(F)(F)F)cc3)[nH]c(=O)c2C1. The molecule has 1 aromatic carbocycles. The summed E-state index contributed by atoms with van der Waals surface area (Å²) in [5.74, 6) is 0.271. The lowest BCUT2D eigenvalue weighted by Gasteiger charge is -2.27. The number of imidazole rings is 1. The van der Waals surface area contributed by atoms with E-state index in [-0.39, 0.29) is 11.4 Å². The Labute approximate surface area is 191 Å². The maximum absolute atomic E-state index is 12.8. The maximum Gasteiger partial charge on any atom is 0.416 e. The minimum atomic E-state index is -4.41. The number of H-pyrrole nitrogens is 1. The van der Waals surface area contributed by atoms with E-state index < -0.39 is 11.7 Å². The van der Waals surface area contributed by atoms with Gasteiger partial charge in [-0.1, -0.05) is 23.7 Å². The second kappa shape index (κ2) is 8.00. The quantitative estimate of drug-likeness (QED) is 0.471. The molecule has 0 unspecified atom stereocenters. The molecule has 0 saturated carbocycles. The molecule has 4 heterocycles. The molecule has 0 aliphatic carbocycles. The zero-order valence-corrected chi connectivity index (χ0v) is 18.3. The van der Waals surface area contributed by atoms with Crippen LogP contribution >= 0.6 is 11.6 Å². The molecule has 0 radical (unpaired) electrons. The van der Waals surface area contributed by atoms with E-state index >= 15 is 0 Å². The monoisotopic (exact) mass is 473 g/mol. The van der Waals surface area contributed by atoms with Gasteiger partial charge in [0.05, 0.1) is 33.2 Å². The predicted molar refractivity (Wildman–Crippen MR) is 118 cm³/mol. The number of hydrogen-bond acceptors (Lipinski definition) is 4. The topological polar surface area (TPSA) is 66.3 Å². The molecule has 0 fully saturated rings. The fourth-order valence-corrected chi connectivity index (χ4v) is 4.32. The summed E-state index contributed by atoms with van der Waals surface area (Å²) in [6.07, 6.45) is -2.03. The molecule has 0 spiro atoms. The molecule has 0 bridgehead atoms. The van der Waals surface area contributed by atoms with Crippen LogP contribution in [0, 0.1) is 6.92 Å². The van der Waals surface area contributed by atoms with Crippen LogP contribution in [0.4, 0.5) is 13.2 Å². The van der Waals surface area contributed by atoms with Gasteiger partial charge < -0.3 is 9.38 Å². The van der Waals surface area contributed by atoms with Gasteiger partial charge in [0.1, 0.15) is 11.5 Å². The molecular formula is C23H19ClF3N5O. The van der Waals surface area contributed by atoms with E-state index in [1.807, 2.05) is 23.6 Å². The second-order valence-electron chi connectivity index (χ2n) is 8.09. The van der Waals surface area contributed by atoms with Gasteiger partial charge in [0, 0.05) is 37.8 Å². The summed E-state index contributed by atoms with van der Waals surface area (Å²) in [6, 6.07) is 8.27. The third-order valence-electron chi connectivity index (χ3n) is 5.89. The first kappa shape index (κ1) is 21.7. The number of aryl methyl sites for hydroxylation is 1. The molecule has 10 heteroatoms. The lowest BCUT2D eigenvalue weighted by Crippen LogP contribution is -2.35. The fourth-order valence-electron chi connectivity index (χ4n) is 4.16. The lowest BCUT2D eigenvalue weighted by molar-refractivity contribution is -0.137. The van der Waals surface area contributed by atoms with E-state index in [0.717, 1.165) is 29.2 Å². The van der Waals surface area contributed by atoms with Crippen molar-refractivity contribution in [1.29, 1.82) is 0 Å². The highest BCUT2D eigenvalue weighted by Gasteiger charge is 2.30. The van der Waals surface area contributed by atoms with Crippen molar-refractivity contribution in [2.24, 2.45) is 0 Å². The molecule has 6 nitrogen and oxygen atoms in total. The molecule has 5 rings (SSSR count). The summed E-state index contributed by atoms with van der Waals surface area (Å²) in [6.45, 7) is 3.63. The number of benzene rings is 1. The summed E-state index contributed by atoms with van der Waals surface area (Å²) < 4.78 is 40.4. The second-order valence-corrected chi connectivity index (χ2v) is 8.53. The normalized spacial score (nSPS) is 14.6. The molecule has 1 N–H and O–H groups in total. The number of hydrogen-bond donors (Lipinski definition) is 1. The Bertz CT molecular complexity index is 1410. The van der Waals surface area contributed by atoms with Crippen molar-refractivity contribution in [3.05, 3.63) is 86.2 Å². The molecule has 0 atom stereocenters. The van der Waals surface area contributed by atoms with Crippen molar-refractivity contribution in [3.63, 3.8) is 0 Å². The maximum atomic E-state index is 12.8. The van der Waals surface area contributed by atoms with Crippen molar-refractivity contribution in [2.75, 3.05) is 6.54 Å². The molecular weight excluding hydrogens is 455 g/mol. The number of pyridine rings is 1. The van der Waals surface area contributed by atoms with Gasteiger partial charge in [0.15, 0.2) is 0 Å². The van der Waals surface area contributed by atoms with Crippen LogP contribution in [0.15, 0.2) is 47.4 Å². The van der Waals surface area contributed by atoms with Crippen molar-refractivity contribution >= 4 is 17.2 Å². The molecule has 1 aliphatic heterocycles. The van der Waals surface area contributed by atoms with Gasteiger partial charge in [-0.25, -0.2) is 9.97 Å². The van der Waals surface area contributed by atoms with Crippen LogP contribution < -0.4 is 5.56 Å². The number of aromatic amines is 1. The Morgan fingerprint density at radius 1 is 1.12 bits per heavy atom. The van der Waals surface area contributed by atoms with E-state index in [4.69, 9.17) is 11.6 Å². The van der Waals surface area contributed by atoms with Crippen LogP contribution in [-0.4, -0.2) is 30.8 Å². The first-order valence-electron chi connectivity index (χ1n) is 10.3. The Balaban J connectivity index is 1.40. The molecule has 3 aromatic heterocycles. The predicted octanol–water partition coefficient (Wildman–Crippen LogP) is 4.62. The minimum Gasteiger partial charge on any atom is -0.306 e. The average Bonchev–Trinajstić information content (AvgIpc) is 3.08. The van der Waals surface area contributed by atoms with Gasteiger partial charge in [-0.2, -0.15) is 13.2 Å². The van der Waals surface area contributed by atoms with Gasteiger partial charge in [0.25, 0.3) is 5.56 Å². The van der Waals surface area contributed by atoms with Gasteiger partial charge in [-0.15, -0.1) is 0 Å². The zero-order chi connectivity index (χ0) is 23.3. The van der Waals surface area contributed by atoms with Crippen molar-refractivity contribution < 1.29 is 13.2 Å². The third kappa shape index (κ3) is 4.14. The van der Waals surface area contributed by atoms with E-state index in [9.17, 15) is 18.0 Å². The van der Waals surface area contributed by atoms with Crippen LogP contribution in [0.5, 0.6) is 0 Å². The number of nitrogens with zero attached hydrogens (tertiary/aromatic N) is 4. The summed E-state index contributed by atoms with van der Waals surface area (Å²) in [7, 11) is 0. The van der Waals surface area contributed by atoms with Crippen LogP contribution in [0.3, 0.4) is 0 Å². The van der Waals surface area contributed by atoms with E-state index in [1.54, 1.807) is 6.07 Å². The number of fused-ring (bicyclic) bond motifs is 2. The van der Waals surface area contributed by atoms with Gasteiger partial charge in [-0.05, 0) is 31.2 Å². The van der Waals surface area contributed by atoms with Crippen LogP contribution in [0.2, 0.25) is 5.02 Å². The molecule has 0 saturated heterocycles. The highest BCUT2D eigenvalue weighted by Crippen LogP contribution is 2.30. The van der Waals surface area contributed by atoms with Gasteiger partial charge in [-0.3, -0.25) is 9.69 Å². The number of nitrogens with one attached hydrogen (secondary N) is 1. The Kier molecular flexibility index (Phi) is 5.25. The number of halogens is 4. The van der Waals surface area contributed by atoms with E-state index in [2.05, 4.69) is 19.9 Å². The van der Waals surface area contributed by atoms with Crippen molar-refractivity contribution in [3.8, 4) is 11.4 Å². The van der Waals surface area contributed by atoms with Crippen molar-refractivity contribution in [2.45, 2.75) is 32.6 Å². The number of aromatic nitrogens is 4. The Hall–Kier alpha value is -3.17. The zero-order valence-electron chi connectivity index (χ0n) is 17.6. The molecule has 170 valence electrons. The molecule has 4 aromatic rings. The third-order valence-corrected chi connectivity index (χ3v) is 6.11. The first-order valence-corrected chi connectivity index (χ1v) is 10.7. The summed E-state index contributed by atoms with van der Waals surface area (Å²) in [5, 5.41) is 0.613. The average molecular weight is 474 g/mol. The molecule has 33 heavy (non-hydrogen) atoms. The first-order chi connectivity index (χ1) is 15.7. The smallest absolute Gasteiger partial charge is 0.306 e. The summed E-state index contributed by atoms with van der Waals surface area (Å²) in [4.78, 5) is 26.8. The van der Waals surface area contributed by atoms with Gasteiger partial charge >= 0.3 is 6.18 Å². The van der Waals surface area contributed by atoms with E-state index in [1.165, 1.54) is 12.1 Å². The Morgan fingerprint density at radius 2 is 1.88 bits per heavy atom. The van der Waals surface area contributed by atoms with Crippen molar-refractivity contribution in [1.82, 2.24) is 24.3 Å². The highest BCUT2D eigenvalue weighted by molar-refractivity contribution is 6.30. The van der Waals surface area contributed by atoms with Crippen LogP contribution in [0.25, 0.3) is 17.0 Å². The number of rotatable bonds is 3. The summed E-state index contributed by atoms with van der Waals surface area (Å²) >= 11 is 6.15. The Morgan fingerprint density at radius 3 is 2.61 bits per heavy atom. The fraction of sp³-hybridized carbons (Fsp3) is 0.261. The lowest BCUT2D eigenvalue weighted by atomic mass is 10.1. The minimum absolute atomic E-state index is 0.271.